The molecule has 0 radical (unpaired) electrons. The van der Waals surface area contributed by atoms with Crippen LogP contribution in [-0.2, 0) is 19.6 Å². The Kier molecular flexibility index (Phi) is 5.93. The van der Waals surface area contributed by atoms with Crippen molar-refractivity contribution < 1.29 is 17.9 Å². The number of carbonyl (C=O) groups is 1. The summed E-state index contributed by atoms with van der Waals surface area (Å²) in [6.07, 6.45) is 1.12. The lowest BCUT2D eigenvalue weighted by Crippen LogP contribution is -2.44. The van der Waals surface area contributed by atoms with E-state index in [1.54, 1.807) is 13.8 Å². The van der Waals surface area contributed by atoms with E-state index in [1.807, 2.05) is 0 Å². The third-order valence-corrected chi connectivity index (χ3v) is 5.03. The molecule has 1 N–H and O–H groups in total. The van der Waals surface area contributed by atoms with Gasteiger partial charge in [-0.25, -0.2) is 13.4 Å². The molecule has 1 aromatic heterocycles. The van der Waals surface area contributed by atoms with Gasteiger partial charge in [-0.2, -0.15) is 4.72 Å². The minimum atomic E-state index is -3.90. The van der Waals surface area contributed by atoms with Gasteiger partial charge in [0.1, 0.15) is 16.1 Å². The van der Waals surface area contributed by atoms with Crippen LogP contribution in [0, 0.1) is 5.92 Å². The quantitative estimate of drug-likeness (QED) is 0.619. The first-order chi connectivity index (χ1) is 9.19. The number of halogens is 2. The SMILES string of the molecule is COC(=O)C(NS(=O)(=O)c1cnc(Cl)c(Br)c1)C(C)C. The summed E-state index contributed by atoms with van der Waals surface area (Å²) in [4.78, 5) is 15.2. The maximum Gasteiger partial charge on any atom is 0.324 e. The number of hydrogen-bond donors (Lipinski definition) is 1. The molecule has 0 bridgehead atoms. The molecule has 1 heterocycles. The van der Waals surface area contributed by atoms with Crippen LogP contribution in [0.1, 0.15) is 13.8 Å². The Balaban J connectivity index is 3.09. The Morgan fingerprint density at radius 2 is 2.10 bits per heavy atom. The van der Waals surface area contributed by atoms with Crippen molar-refractivity contribution in [3.8, 4) is 0 Å². The van der Waals surface area contributed by atoms with E-state index in [4.69, 9.17) is 11.6 Å². The number of nitrogens with one attached hydrogen (secondary N) is 1. The summed E-state index contributed by atoms with van der Waals surface area (Å²) in [5, 5.41) is 0.150. The van der Waals surface area contributed by atoms with Crippen LogP contribution in [0.3, 0.4) is 0 Å². The topological polar surface area (TPSA) is 85.4 Å². The van der Waals surface area contributed by atoms with Gasteiger partial charge in [-0.15, -0.1) is 0 Å². The fraction of sp³-hybridized carbons (Fsp3) is 0.455. The van der Waals surface area contributed by atoms with E-state index in [-0.39, 0.29) is 16.0 Å². The molecule has 6 nitrogen and oxygen atoms in total. The van der Waals surface area contributed by atoms with Gasteiger partial charge in [0.25, 0.3) is 0 Å². The maximum atomic E-state index is 12.2. The summed E-state index contributed by atoms with van der Waals surface area (Å²) in [5.41, 5.74) is 0. The first kappa shape index (κ1) is 17.4. The van der Waals surface area contributed by atoms with E-state index >= 15 is 0 Å². The third kappa shape index (κ3) is 4.15. The number of rotatable bonds is 5. The number of aromatic nitrogens is 1. The van der Waals surface area contributed by atoms with Gasteiger partial charge >= 0.3 is 5.97 Å². The molecule has 0 aliphatic rings. The standard InChI is InChI=1S/C11H14BrClN2O4S/c1-6(2)9(11(16)19-3)15-20(17,18)7-4-8(12)10(13)14-5-7/h4-6,9,15H,1-3H3. The Hall–Kier alpha value is -0.700. The Labute approximate surface area is 131 Å². The Bertz CT molecular complexity index is 606. The zero-order valence-electron chi connectivity index (χ0n) is 11.1. The first-order valence-corrected chi connectivity index (χ1v) is 8.25. The van der Waals surface area contributed by atoms with Crippen molar-refractivity contribution in [2.24, 2.45) is 5.92 Å². The van der Waals surface area contributed by atoms with Crippen LogP contribution in [0.15, 0.2) is 21.6 Å². The number of nitrogens with zero attached hydrogens (tertiary/aromatic N) is 1. The molecule has 0 fully saturated rings. The summed E-state index contributed by atoms with van der Waals surface area (Å²) < 4.78 is 31.7. The van der Waals surface area contributed by atoms with E-state index in [0.717, 1.165) is 6.20 Å². The minimum absolute atomic E-state index is 0.0941. The van der Waals surface area contributed by atoms with Gasteiger partial charge in [-0.05, 0) is 27.9 Å². The first-order valence-electron chi connectivity index (χ1n) is 5.60. The van der Waals surface area contributed by atoms with Crippen LogP contribution in [0.2, 0.25) is 5.15 Å². The summed E-state index contributed by atoms with van der Waals surface area (Å²) in [5.74, 6) is -0.912. The molecular weight excluding hydrogens is 372 g/mol. The number of ether oxygens (including phenoxy) is 1. The highest BCUT2D eigenvalue weighted by Gasteiger charge is 2.29. The molecular formula is C11H14BrClN2O4S. The molecule has 9 heteroatoms. The average molecular weight is 386 g/mol. The van der Waals surface area contributed by atoms with Crippen LogP contribution in [-0.4, -0.2) is 32.5 Å². The summed E-state index contributed by atoms with van der Waals surface area (Å²) in [6.45, 7) is 3.42. The third-order valence-electron chi connectivity index (χ3n) is 2.49. The van der Waals surface area contributed by atoms with Crippen molar-refractivity contribution in [2.75, 3.05) is 7.11 Å². The number of esters is 1. The van der Waals surface area contributed by atoms with Gasteiger partial charge in [-0.1, -0.05) is 25.4 Å². The molecule has 20 heavy (non-hydrogen) atoms. The van der Waals surface area contributed by atoms with Gasteiger partial charge < -0.3 is 4.74 Å². The zero-order valence-corrected chi connectivity index (χ0v) is 14.2. The van der Waals surface area contributed by atoms with E-state index in [1.165, 1.54) is 13.2 Å². The lowest BCUT2D eigenvalue weighted by Gasteiger charge is -2.19. The zero-order chi connectivity index (χ0) is 15.5. The monoisotopic (exact) mass is 384 g/mol. The van der Waals surface area contributed by atoms with Crippen LogP contribution in [0.25, 0.3) is 0 Å². The second kappa shape index (κ2) is 6.84. The number of hydrogen-bond acceptors (Lipinski definition) is 5. The highest BCUT2D eigenvalue weighted by atomic mass is 79.9. The van der Waals surface area contributed by atoms with Crippen molar-refractivity contribution in [1.82, 2.24) is 9.71 Å². The van der Waals surface area contributed by atoms with Crippen molar-refractivity contribution >= 4 is 43.5 Å². The van der Waals surface area contributed by atoms with Crippen LogP contribution in [0.5, 0.6) is 0 Å². The van der Waals surface area contributed by atoms with Gasteiger partial charge in [0.15, 0.2) is 0 Å². The fourth-order valence-electron chi connectivity index (χ4n) is 1.37. The molecule has 0 saturated heterocycles. The molecule has 0 aromatic carbocycles. The van der Waals surface area contributed by atoms with Gasteiger partial charge in [-0.3, -0.25) is 4.79 Å². The smallest absolute Gasteiger partial charge is 0.324 e. The Morgan fingerprint density at radius 3 is 2.55 bits per heavy atom. The van der Waals surface area contributed by atoms with Crippen LogP contribution in [0.4, 0.5) is 0 Å². The average Bonchev–Trinajstić information content (AvgIpc) is 2.38. The van der Waals surface area contributed by atoms with E-state index in [2.05, 4.69) is 30.4 Å². The summed E-state index contributed by atoms with van der Waals surface area (Å²) in [6, 6.07) is 0.339. The predicted molar refractivity (Wildman–Crippen MR) is 77.9 cm³/mol. The van der Waals surface area contributed by atoms with Crippen molar-refractivity contribution in [3.05, 3.63) is 21.9 Å². The highest BCUT2D eigenvalue weighted by Crippen LogP contribution is 2.23. The largest absolute Gasteiger partial charge is 0.468 e. The van der Waals surface area contributed by atoms with Crippen molar-refractivity contribution in [3.63, 3.8) is 0 Å². The minimum Gasteiger partial charge on any atom is -0.468 e. The van der Waals surface area contributed by atoms with Crippen LogP contribution < -0.4 is 4.72 Å². The lowest BCUT2D eigenvalue weighted by molar-refractivity contribution is -0.143. The molecule has 112 valence electrons. The number of methoxy groups -OCH3 is 1. The highest BCUT2D eigenvalue weighted by molar-refractivity contribution is 9.10. The summed E-state index contributed by atoms with van der Waals surface area (Å²) >= 11 is 8.81. The van der Waals surface area contributed by atoms with Gasteiger partial charge in [0, 0.05) is 6.20 Å². The molecule has 0 spiro atoms. The molecule has 0 aliphatic heterocycles. The lowest BCUT2D eigenvalue weighted by atomic mass is 10.1. The van der Waals surface area contributed by atoms with Crippen molar-refractivity contribution in [2.45, 2.75) is 24.8 Å². The molecule has 1 rings (SSSR count). The summed E-state index contributed by atoms with van der Waals surface area (Å²) in [7, 11) is -2.70. The van der Waals surface area contributed by atoms with Crippen molar-refractivity contribution in [1.29, 1.82) is 0 Å². The normalized spacial score (nSPS) is 13.3. The predicted octanol–water partition coefficient (Wildman–Crippen LogP) is 1.97. The second-order valence-electron chi connectivity index (χ2n) is 4.31. The maximum absolute atomic E-state index is 12.2. The van der Waals surface area contributed by atoms with E-state index in [9.17, 15) is 13.2 Å². The fourth-order valence-corrected chi connectivity index (χ4v) is 3.28. The molecule has 1 aromatic rings. The molecule has 0 saturated carbocycles. The molecule has 0 aliphatic carbocycles. The molecule has 0 amide bonds. The van der Waals surface area contributed by atoms with Gasteiger partial charge in [0.05, 0.1) is 11.6 Å². The number of sulfonamides is 1. The van der Waals surface area contributed by atoms with Gasteiger partial charge in [0.2, 0.25) is 10.0 Å². The number of carbonyl (C=O) groups excluding carboxylic acids is 1. The molecule has 1 atom stereocenters. The second-order valence-corrected chi connectivity index (χ2v) is 7.24. The van der Waals surface area contributed by atoms with E-state index in [0.29, 0.717) is 4.47 Å². The number of pyridine rings is 1. The Morgan fingerprint density at radius 1 is 1.50 bits per heavy atom. The van der Waals surface area contributed by atoms with E-state index < -0.39 is 22.0 Å². The van der Waals surface area contributed by atoms with Crippen LogP contribution >= 0.6 is 27.5 Å². The molecule has 1 unspecified atom stereocenters.